The number of hydrogen-bond acceptors (Lipinski definition) is 2. The molecule has 0 saturated carbocycles. The van der Waals surface area contributed by atoms with Gasteiger partial charge in [-0.25, -0.2) is 0 Å². The Labute approximate surface area is 268 Å². The Morgan fingerprint density at radius 1 is 0.400 bits per heavy atom. The van der Waals surface area contributed by atoms with Gasteiger partial charge in [0.05, 0.1) is 0 Å². The lowest BCUT2D eigenvalue weighted by molar-refractivity contribution is 0.490. The summed E-state index contributed by atoms with van der Waals surface area (Å²) in [7, 11) is 0. The maximum atomic E-state index is 2.47. The Hall–Kier alpha value is -5.08. The molecule has 0 radical (unpaired) electrons. The molecular weight excluding hydrogens is 544 g/mol. The van der Waals surface area contributed by atoms with E-state index >= 15 is 0 Å². The zero-order valence-electron chi connectivity index (χ0n) is 26.7. The van der Waals surface area contributed by atoms with Crippen LogP contribution in [0.1, 0.15) is 48.9 Å². The molecule has 0 heterocycles. The third kappa shape index (κ3) is 5.01. The van der Waals surface area contributed by atoms with Crippen molar-refractivity contribution in [3.8, 4) is 11.1 Å². The molecule has 0 bridgehead atoms. The average molecular weight is 585 g/mol. The Morgan fingerprint density at radius 3 is 1.16 bits per heavy atom. The highest BCUT2D eigenvalue weighted by Gasteiger charge is 2.41. The zero-order valence-corrected chi connectivity index (χ0v) is 26.7. The fourth-order valence-electron chi connectivity index (χ4n) is 7.34. The van der Waals surface area contributed by atoms with Crippen LogP contribution in [0.5, 0.6) is 0 Å². The fourth-order valence-corrected chi connectivity index (χ4v) is 7.34. The molecule has 2 heteroatoms. The molecule has 2 nitrogen and oxygen atoms in total. The number of aryl methyl sites for hydroxylation is 2. The predicted molar refractivity (Wildman–Crippen MR) is 192 cm³/mol. The summed E-state index contributed by atoms with van der Waals surface area (Å²) in [5.74, 6) is 0. The molecule has 0 atom stereocenters. The molecule has 0 N–H and O–H groups in total. The molecule has 222 valence electrons. The zero-order chi connectivity index (χ0) is 31.0. The molecule has 7 rings (SSSR count). The van der Waals surface area contributed by atoms with E-state index in [0.29, 0.717) is 0 Å². The first-order chi connectivity index (χ1) is 22.0. The lowest BCUT2D eigenvalue weighted by atomic mass is 9.73. The van der Waals surface area contributed by atoms with E-state index < -0.39 is 0 Å². The molecule has 45 heavy (non-hydrogen) atoms. The molecule has 6 aromatic rings. The van der Waals surface area contributed by atoms with Gasteiger partial charge in [-0.05, 0) is 133 Å². The summed E-state index contributed by atoms with van der Waals surface area (Å²) >= 11 is 0. The molecule has 0 fully saturated rings. The number of nitrogens with zero attached hydrogens (tertiary/aromatic N) is 2. The summed E-state index contributed by atoms with van der Waals surface area (Å²) in [6.07, 6.45) is 2.06. The van der Waals surface area contributed by atoms with Gasteiger partial charge >= 0.3 is 0 Å². The highest BCUT2D eigenvalue weighted by molar-refractivity contribution is 5.88. The average Bonchev–Trinajstić information content (AvgIpc) is 3.35. The van der Waals surface area contributed by atoms with Crippen molar-refractivity contribution in [2.24, 2.45) is 0 Å². The van der Waals surface area contributed by atoms with Crippen molar-refractivity contribution in [3.63, 3.8) is 0 Å². The summed E-state index contributed by atoms with van der Waals surface area (Å²) in [4.78, 5) is 4.79. The number of benzene rings is 6. The highest BCUT2D eigenvalue weighted by atomic mass is 15.1. The summed E-state index contributed by atoms with van der Waals surface area (Å²) in [6, 6.07) is 53.3. The van der Waals surface area contributed by atoms with Crippen molar-refractivity contribution in [1.29, 1.82) is 0 Å². The second kappa shape index (κ2) is 11.8. The standard InChI is InChI=1S/C43H40N2/c1-5-43(6-2)41-29-37(44(33-17-9-7-10-18-33)35-21-13-15-31(3)27-35)23-25-39(41)40-26-24-38(30-42(40)43)45(34-19-11-8-12-20-34)36-22-14-16-32(4)28-36/h7-30H,5-6H2,1-4H3. The molecule has 0 amide bonds. The van der Waals surface area contributed by atoms with Crippen LogP contribution in [0.2, 0.25) is 0 Å². The summed E-state index contributed by atoms with van der Waals surface area (Å²) in [5.41, 5.74) is 15.0. The van der Waals surface area contributed by atoms with Gasteiger partial charge in [0.1, 0.15) is 0 Å². The smallest absolute Gasteiger partial charge is 0.0465 e. The van der Waals surface area contributed by atoms with Gasteiger partial charge in [0.2, 0.25) is 0 Å². The Morgan fingerprint density at radius 2 is 0.778 bits per heavy atom. The van der Waals surface area contributed by atoms with Crippen molar-refractivity contribution in [3.05, 3.63) is 168 Å². The van der Waals surface area contributed by atoms with E-state index in [1.807, 2.05) is 0 Å². The SMILES string of the molecule is CCC1(CC)c2cc(N(c3ccccc3)c3cccc(C)c3)ccc2-c2ccc(N(c3ccccc3)c3cccc(C)c3)cc21. The van der Waals surface area contributed by atoms with Gasteiger partial charge in [-0.3, -0.25) is 0 Å². The Balaban J connectivity index is 1.39. The van der Waals surface area contributed by atoms with Crippen molar-refractivity contribution < 1.29 is 0 Å². The summed E-state index contributed by atoms with van der Waals surface area (Å²) in [6.45, 7) is 9.04. The summed E-state index contributed by atoms with van der Waals surface area (Å²) in [5, 5.41) is 0. The van der Waals surface area contributed by atoms with Crippen LogP contribution in [0.15, 0.2) is 146 Å². The van der Waals surface area contributed by atoms with Crippen molar-refractivity contribution in [1.82, 2.24) is 0 Å². The fraction of sp³-hybridized carbons (Fsp3) is 0.163. The number of hydrogen-bond donors (Lipinski definition) is 0. The lowest BCUT2D eigenvalue weighted by Crippen LogP contribution is -2.24. The first-order valence-electron chi connectivity index (χ1n) is 16.2. The van der Waals surface area contributed by atoms with Gasteiger partial charge in [0.25, 0.3) is 0 Å². The first kappa shape index (κ1) is 28.7. The number of rotatable bonds is 8. The highest BCUT2D eigenvalue weighted by Crippen LogP contribution is 2.55. The van der Waals surface area contributed by atoms with Crippen LogP contribution in [0, 0.1) is 13.8 Å². The van der Waals surface area contributed by atoms with Crippen LogP contribution in [-0.4, -0.2) is 0 Å². The quantitative estimate of drug-likeness (QED) is 0.176. The minimum atomic E-state index is -0.0827. The minimum absolute atomic E-state index is 0.0827. The van der Waals surface area contributed by atoms with Crippen LogP contribution in [0.4, 0.5) is 34.1 Å². The molecule has 1 aliphatic rings. The monoisotopic (exact) mass is 584 g/mol. The number of para-hydroxylation sites is 2. The third-order valence-electron chi connectivity index (χ3n) is 9.60. The molecule has 0 aromatic heterocycles. The Kier molecular flexibility index (Phi) is 7.51. The number of fused-ring (bicyclic) bond motifs is 3. The van der Waals surface area contributed by atoms with Crippen molar-refractivity contribution >= 4 is 34.1 Å². The number of anilines is 6. The van der Waals surface area contributed by atoms with Crippen molar-refractivity contribution in [2.75, 3.05) is 9.80 Å². The van der Waals surface area contributed by atoms with E-state index in [1.165, 1.54) is 56.1 Å². The van der Waals surface area contributed by atoms with E-state index in [1.54, 1.807) is 0 Å². The van der Waals surface area contributed by atoms with Gasteiger partial charge in [0.15, 0.2) is 0 Å². The van der Waals surface area contributed by atoms with Gasteiger partial charge in [-0.2, -0.15) is 0 Å². The maximum Gasteiger partial charge on any atom is 0.0465 e. The third-order valence-corrected chi connectivity index (χ3v) is 9.60. The van der Waals surface area contributed by atoms with Gasteiger partial charge < -0.3 is 9.80 Å². The molecule has 6 aromatic carbocycles. The second-order valence-electron chi connectivity index (χ2n) is 12.3. The van der Waals surface area contributed by atoms with E-state index in [9.17, 15) is 0 Å². The summed E-state index contributed by atoms with van der Waals surface area (Å²) < 4.78 is 0. The van der Waals surface area contributed by atoms with Crippen LogP contribution in [0.25, 0.3) is 11.1 Å². The maximum absolute atomic E-state index is 2.47. The Bertz CT molecular complexity index is 1810. The molecule has 0 saturated heterocycles. The van der Waals surface area contributed by atoms with Crippen molar-refractivity contribution in [2.45, 2.75) is 46.0 Å². The lowest BCUT2D eigenvalue weighted by Gasteiger charge is -2.33. The molecular formula is C43H40N2. The molecule has 1 aliphatic carbocycles. The van der Waals surface area contributed by atoms with Gasteiger partial charge in [-0.1, -0.05) is 86.6 Å². The first-order valence-corrected chi connectivity index (χ1v) is 16.2. The minimum Gasteiger partial charge on any atom is -0.310 e. The van der Waals surface area contributed by atoms with Crippen LogP contribution >= 0.6 is 0 Å². The van der Waals surface area contributed by atoms with E-state index in [-0.39, 0.29) is 5.41 Å². The molecule has 0 unspecified atom stereocenters. The molecule has 0 aliphatic heterocycles. The van der Waals surface area contributed by atoms with Crippen LogP contribution in [-0.2, 0) is 5.41 Å². The van der Waals surface area contributed by atoms with Crippen LogP contribution < -0.4 is 9.80 Å². The van der Waals surface area contributed by atoms with E-state index in [0.717, 1.165) is 24.2 Å². The topological polar surface area (TPSA) is 6.48 Å². The molecule has 0 spiro atoms. The largest absolute Gasteiger partial charge is 0.310 e. The normalized spacial score (nSPS) is 12.8. The van der Waals surface area contributed by atoms with E-state index in [2.05, 4.69) is 183 Å². The van der Waals surface area contributed by atoms with Gasteiger partial charge in [-0.15, -0.1) is 0 Å². The second-order valence-corrected chi connectivity index (χ2v) is 12.3. The van der Waals surface area contributed by atoms with Gasteiger partial charge in [0, 0.05) is 39.5 Å². The predicted octanol–water partition coefficient (Wildman–Crippen LogP) is 12.3. The van der Waals surface area contributed by atoms with E-state index in [4.69, 9.17) is 0 Å². The van der Waals surface area contributed by atoms with Crippen LogP contribution in [0.3, 0.4) is 0 Å².